The summed E-state index contributed by atoms with van der Waals surface area (Å²) in [6.07, 6.45) is 12.3. The second-order valence-electron chi connectivity index (χ2n) is 22.5. The quantitative estimate of drug-likeness (QED) is 0.0286. The maximum atomic E-state index is 14.9. The van der Waals surface area contributed by atoms with E-state index in [1.54, 1.807) is 99.4 Å². The number of amides is 3. The number of ether oxygens (including phenoxy) is 2. The number of aliphatic carboxylic acids is 1. The molecule has 3 amide bonds. The average Bonchev–Trinajstić information content (AvgIpc) is 1.62. The molecule has 0 unspecified atom stereocenters. The number of hydrogen-bond acceptors (Lipinski definition) is 18. The minimum atomic E-state index is -4.64. The van der Waals surface area contributed by atoms with Gasteiger partial charge in [-0.05, 0) is 93.1 Å². The number of fused-ring (bicyclic) bond motifs is 3. The predicted molar refractivity (Wildman–Crippen MR) is 360 cm³/mol. The Hall–Kier alpha value is -12.3. The topological polar surface area (TPSA) is 355 Å². The normalized spacial score (nSPS) is 13.7. The Morgan fingerprint density at radius 2 is 0.845 bits per heavy atom. The van der Waals surface area contributed by atoms with Crippen LogP contribution in [-0.4, -0.2) is 118 Å². The summed E-state index contributed by atoms with van der Waals surface area (Å²) in [6, 6.07) is 14.5. The van der Waals surface area contributed by atoms with Crippen LogP contribution < -0.4 is 27.4 Å². The lowest BCUT2D eigenvalue weighted by Crippen LogP contribution is -2.35. The van der Waals surface area contributed by atoms with Crippen LogP contribution in [0.3, 0.4) is 0 Å². The molecule has 27 nitrogen and oxygen atoms in total. The predicted octanol–water partition coefficient (Wildman–Crippen LogP) is 11.8. The van der Waals surface area contributed by atoms with Crippen molar-refractivity contribution in [2.75, 3.05) is 41.6 Å². The minimum absolute atomic E-state index is 0. The van der Waals surface area contributed by atoms with Crippen LogP contribution in [0.2, 0.25) is 0 Å². The fourth-order valence-electron chi connectivity index (χ4n) is 10.1. The summed E-state index contributed by atoms with van der Waals surface area (Å²) in [7, 11) is 4.74. The van der Waals surface area contributed by atoms with Crippen molar-refractivity contribution in [2.45, 2.75) is 80.6 Å². The molecule has 36 heteroatoms. The highest BCUT2D eigenvalue weighted by Crippen LogP contribution is 2.49. The number of esters is 2. The number of imidazole rings is 3. The SMILES string of the molecule is C.C.C.C.COC(=O)C1(C(=O)Nc2ccc(-c3cnc4cnccn34)c(F)c2)CC1.COC(=O)C1(C(=O)O)CC1.Cn1nc(N)cc1C(F)(F)F.Cn1nc(NC(=O)C2(C(=O)Nc3ccc(-c4cnc5cnccn45)c(F)c3)CC2)cc1C(F)(F)F.Nc1ccc(-c2cnc3cnccn23)c(F)c1. The Balaban J connectivity index is 0.000000216. The first-order chi connectivity index (χ1) is 46.9. The molecule has 8 N–H and O–H groups in total. The Morgan fingerprint density at radius 1 is 0.485 bits per heavy atom. The molecule has 3 fully saturated rings. The van der Waals surface area contributed by atoms with Crippen LogP contribution in [0.25, 0.3) is 50.7 Å². The van der Waals surface area contributed by atoms with Crippen molar-refractivity contribution in [3.63, 3.8) is 0 Å². The van der Waals surface area contributed by atoms with Gasteiger partial charge in [0.25, 0.3) is 0 Å². The van der Waals surface area contributed by atoms with Gasteiger partial charge in [-0.1, -0.05) is 29.7 Å². The van der Waals surface area contributed by atoms with E-state index >= 15 is 0 Å². The highest BCUT2D eigenvalue weighted by atomic mass is 19.4. The molecular weight excluding hydrogens is 1370 g/mol. The molecule has 546 valence electrons. The van der Waals surface area contributed by atoms with Crippen molar-refractivity contribution < 1.29 is 82.9 Å². The Kier molecular flexibility index (Phi) is 24.4. The first-order valence-electron chi connectivity index (χ1n) is 29.2. The van der Waals surface area contributed by atoms with Crippen LogP contribution in [0.1, 0.15) is 79.6 Å². The van der Waals surface area contributed by atoms with Crippen molar-refractivity contribution in [1.82, 2.24) is 62.7 Å². The van der Waals surface area contributed by atoms with E-state index < -0.39 is 87.2 Å². The molecule has 11 aromatic rings. The molecule has 0 atom stereocenters. The van der Waals surface area contributed by atoms with E-state index in [9.17, 15) is 68.3 Å². The molecule has 14 rings (SSSR count). The summed E-state index contributed by atoms with van der Waals surface area (Å²) in [5.41, 5.74) is 10.3. The molecule has 8 aromatic heterocycles. The minimum Gasteiger partial charge on any atom is -0.480 e. The zero-order valence-electron chi connectivity index (χ0n) is 52.1. The third-order valence-corrected chi connectivity index (χ3v) is 15.9. The smallest absolute Gasteiger partial charge is 0.433 e. The number of benzene rings is 3. The lowest BCUT2D eigenvalue weighted by molar-refractivity contribution is -0.159. The number of carboxylic acids is 1. The van der Waals surface area contributed by atoms with Crippen LogP contribution in [0.15, 0.2) is 141 Å². The van der Waals surface area contributed by atoms with E-state index in [0.29, 0.717) is 92.0 Å². The van der Waals surface area contributed by atoms with Gasteiger partial charge in [-0.2, -0.15) is 36.5 Å². The number of anilines is 5. The first-order valence-corrected chi connectivity index (χ1v) is 29.2. The number of aromatic nitrogens is 13. The molecule has 3 aliphatic rings. The number of carboxylic acid groups (broad SMARTS) is 1. The molecular formula is C67H71F9N18O9. The summed E-state index contributed by atoms with van der Waals surface area (Å²) in [4.78, 5) is 95.2. The molecule has 103 heavy (non-hydrogen) atoms. The summed E-state index contributed by atoms with van der Waals surface area (Å²) in [6.45, 7) is 0. The maximum Gasteiger partial charge on any atom is 0.433 e. The van der Waals surface area contributed by atoms with Gasteiger partial charge in [0.1, 0.15) is 45.5 Å². The number of aryl methyl sites for hydroxylation is 2. The molecule has 0 spiro atoms. The molecule has 8 heterocycles. The van der Waals surface area contributed by atoms with Gasteiger partial charge in [0.05, 0.1) is 68.5 Å². The van der Waals surface area contributed by atoms with Crippen molar-refractivity contribution in [1.29, 1.82) is 0 Å². The standard InChI is InChI=1S/C22H17F4N7O2.C18H15FN4O3.C12H9FN4.C6H8O4.C5H6F3N3.4CH4/c1-32-16(22(24,25)26)9-17(31-32)30-20(35)21(4-5-21)19(34)29-12-2-3-13(14(23)8-12)15-10-28-18-11-27-6-7-33(15)18;1-26-17(25)18(4-5-18)16(24)22-11-2-3-12(13(19)8-11)14-9-21-15-10-20-6-7-23(14)15;13-10-5-8(14)1-2-9(10)11-6-16-12-7-15-3-4-17(11)12;1-10-5(9)6(2-3-6)4(7)8;1-11-3(5(6,7)8)2-4(9)10-11;;;;/h2-3,6-11H,4-5H2,1H3,(H,29,34)(H,30,31,35);2-3,6-10H,4-5H2,1H3,(H,22,24);1-7H,14H2;2-3H2,1H3,(H,7,8);2H,1H3,(H2,9,10);4*1H4. The van der Waals surface area contributed by atoms with E-state index in [2.05, 4.69) is 65.5 Å². The molecule has 3 aromatic carbocycles. The van der Waals surface area contributed by atoms with Gasteiger partial charge in [0, 0.05) is 97.2 Å². The third-order valence-electron chi connectivity index (χ3n) is 15.9. The van der Waals surface area contributed by atoms with Gasteiger partial charge in [-0.25, -0.2) is 28.1 Å². The van der Waals surface area contributed by atoms with Crippen molar-refractivity contribution in [2.24, 2.45) is 30.3 Å². The Bertz CT molecular complexity index is 4920. The summed E-state index contributed by atoms with van der Waals surface area (Å²) < 4.78 is 134. The lowest BCUT2D eigenvalue weighted by Gasteiger charge is -2.15. The lowest BCUT2D eigenvalue weighted by atomic mass is 10.0. The molecule has 3 aliphatic carbocycles. The van der Waals surface area contributed by atoms with Crippen LogP contribution in [0, 0.1) is 33.7 Å². The van der Waals surface area contributed by atoms with E-state index in [1.165, 1.54) is 57.9 Å². The fraction of sp³-hybridized carbons (Fsp3) is 0.284. The summed E-state index contributed by atoms with van der Waals surface area (Å²) >= 11 is 0. The van der Waals surface area contributed by atoms with Crippen LogP contribution in [0.5, 0.6) is 0 Å². The number of rotatable bonds is 12. The highest BCUT2D eigenvalue weighted by Gasteiger charge is 2.59. The van der Waals surface area contributed by atoms with E-state index in [1.807, 2.05) is 0 Å². The number of carbonyl (C=O) groups excluding carboxylic acids is 5. The largest absolute Gasteiger partial charge is 0.480 e. The van der Waals surface area contributed by atoms with Gasteiger partial charge in [0.15, 0.2) is 28.2 Å². The van der Waals surface area contributed by atoms with Gasteiger partial charge >= 0.3 is 30.3 Å². The zero-order valence-corrected chi connectivity index (χ0v) is 52.1. The maximum absolute atomic E-state index is 14.9. The molecule has 0 aliphatic heterocycles. The number of nitrogens with one attached hydrogen (secondary N) is 3. The molecule has 3 saturated carbocycles. The van der Waals surface area contributed by atoms with Gasteiger partial charge in [-0.15, -0.1) is 0 Å². The zero-order chi connectivity index (χ0) is 71.5. The first kappa shape index (κ1) is 79.7. The summed E-state index contributed by atoms with van der Waals surface area (Å²) in [5, 5.41) is 22.9. The van der Waals surface area contributed by atoms with Crippen LogP contribution in [0.4, 0.5) is 68.2 Å². The number of methoxy groups -OCH3 is 2. The van der Waals surface area contributed by atoms with E-state index in [4.69, 9.17) is 16.6 Å². The second kappa shape index (κ2) is 31.5. The monoisotopic (exact) mass is 1440 g/mol. The molecule has 0 bridgehead atoms. The highest BCUT2D eigenvalue weighted by molar-refractivity contribution is 6.17. The molecule has 0 radical (unpaired) electrons. The van der Waals surface area contributed by atoms with E-state index in [0.717, 1.165) is 19.2 Å². The number of alkyl halides is 6. The number of carbonyl (C=O) groups is 6. The Morgan fingerprint density at radius 3 is 1.17 bits per heavy atom. The molecule has 0 saturated heterocycles. The third kappa shape index (κ3) is 17.0. The van der Waals surface area contributed by atoms with Crippen molar-refractivity contribution >= 4 is 81.3 Å². The number of halogens is 9. The van der Waals surface area contributed by atoms with Crippen LogP contribution >= 0.6 is 0 Å². The second-order valence-corrected chi connectivity index (χ2v) is 22.5. The number of nitrogens with two attached hydrogens (primary N) is 2. The average molecular weight is 1440 g/mol. The summed E-state index contributed by atoms with van der Waals surface area (Å²) in [5.74, 6) is -6.13. The van der Waals surface area contributed by atoms with E-state index in [-0.39, 0.29) is 76.9 Å². The van der Waals surface area contributed by atoms with Gasteiger partial charge in [-0.3, -0.25) is 66.3 Å². The van der Waals surface area contributed by atoms with Gasteiger partial charge < -0.3 is 42.0 Å². The number of hydrogen-bond donors (Lipinski definition) is 6. The van der Waals surface area contributed by atoms with Gasteiger partial charge in [0.2, 0.25) is 17.7 Å². The van der Waals surface area contributed by atoms with Crippen molar-refractivity contribution in [3.05, 3.63) is 170 Å². The number of nitrogens with zero attached hydrogens (tertiary/aromatic N) is 13. The fourth-order valence-corrected chi connectivity index (χ4v) is 10.1. The van der Waals surface area contributed by atoms with Crippen LogP contribution in [-0.2, 0) is 64.7 Å². The number of nitrogen functional groups attached to an aromatic ring is 2. The van der Waals surface area contributed by atoms with Crippen molar-refractivity contribution in [3.8, 4) is 33.8 Å². The Labute approximate surface area is 581 Å².